The van der Waals surface area contributed by atoms with Crippen molar-refractivity contribution in [2.45, 2.75) is 0 Å². The molecule has 1 aliphatic heterocycles. The number of anilines is 2. The number of likely N-dealkylation sites (N-methyl/N-ethyl adjacent to an activating group) is 1. The smallest absolute Gasteiger partial charge is 0.292 e. The van der Waals surface area contributed by atoms with Crippen molar-refractivity contribution in [3.63, 3.8) is 0 Å². The van der Waals surface area contributed by atoms with Crippen molar-refractivity contribution < 1.29 is 13.9 Å². The van der Waals surface area contributed by atoms with Gasteiger partial charge in [0.15, 0.2) is 17.1 Å². The second-order valence-corrected chi connectivity index (χ2v) is 6.50. The predicted octanol–water partition coefficient (Wildman–Crippen LogP) is 2.24. The van der Waals surface area contributed by atoms with E-state index in [1.165, 1.54) is 6.33 Å². The number of furan rings is 1. The summed E-state index contributed by atoms with van der Waals surface area (Å²) in [6, 6.07) is 8.99. The lowest BCUT2D eigenvalue weighted by Crippen LogP contribution is -2.44. The molecule has 27 heavy (non-hydrogen) atoms. The first-order chi connectivity index (χ1) is 13.1. The van der Waals surface area contributed by atoms with Crippen LogP contribution >= 0.6 is 0 Å². The van der Waals surface area contributed by atoms with Gasteiger partial charge in [0.1, 0.15) is 18.0 Å². The van der Waals surface area contributed by atoms with E-state index < -0.39 is 0 Å². The largest absolute Gasteiger partial charge is 0.493 e. The lowest BCUT2D eigenvalue weighted by atomic mass is 10.2. The number of piperazine rings is 1. The summed E-state index contributed by atoms with van der Waals surface area (Å²) in [7, 11) is 3.67. The molecule has 1 amide bonds. The van der Waals surface area contributed by atoms with Gasteiger partial charge in [-0.05, 0) is 19.2 Å². The number of amides is 1. The summed E-state index contributed by atoms with van der Waals surface area (Å²) in [5.74, 6) is 1.67. The fourth-order valence-corrected chi connectivity index (χ4v) is 3.11. The van der Waals surface area contributed by atoms with Gasteiger partial charge in [0.2, 0.25) is 0 Å². The highest BCUT2D eigenvalue weighted by atomic mass is 16.5. The molecule has 3 heterocycles. The molecule has 2 aromatic heterocycles. The van der Waals surface area contributed by atoms with Crippen LogP contribution < -0.4 is 15.0 Å². The number of hydrogen-bond donors (Lipinski definition) is 1. The molecule has 1 saturated heterocycles. The van der Waals surface area contributed by atoms with Crippen molar-refractivity contribution >= 4 is 28.5 Å². The summed E-state index contributed by atoms with van der Waals surface area (Å²) in [5, 5.41) is 3.59. The fourth-order valence-electron chi connectivity index (χ4n) is 3.11. The zero-order valence-corrected chi connectivity index (χ0v) is 15.3. The number of nitrogens with one attached hydrogen (secondary N) is 1. The molecule has 4 rings (SSSR count). The van der Waals surface area contributed by atoms with E-state index in [-0.39, 0.29) is 11.7 Å². The van der Waals surface area contributed by atoms with Crippen molar-refractivity contribution in [3.8, 4) is 5.75 Å². The molecule has 8 heteroatoms. The van der Waals surface area contributed by atoms with Crippen LogP contribution in [0.15, 0.2) is 41.1 Å². The first kappa shape index (κ1) is 17.3. The molecule has 1 fully saturated rings. The van der Waals surface area contributed by atoms with E-state index in [1.54, 1.807) is 25.3 Å². The normalized spacial score (nSPS) is 15.1. The number of hydrogen-bond acceptors (Lipinski definition) is 7. The Balaban J connectivity index is 1.52. The number of benzene rings is 1. The van der Waals surface area contributed by atoms with E-state index in [4.69, 9.17) is 9.15 Å². The Hall–Kier alpha value is -3.13. The van der Waals surface area contributed by atoms with E-state index in [9.17, 15) is 4.79 Å². The Morgan fingerprint density at radius 3 is 2.78 bits per heavy atom. The number of methoxy groups -OCH3 is 1. The van der Waals surface area contributed by atoms with E-state index in [0.717, 1.165) is 37.4 Å². The molecule has 8 nitrogen and oxygen atoms in total. The number of fused-ring (bicyclic) bond motifs is 1. The first-order valence-electron chi connectivity index (χ1n) is 8.77. The van der Waals surface area contributed by atoms with Crippen LogP contribution in [0, 0.1) is 0 Å². The number of carbonyl (C=O) groups is 1. The SMILES string of the molecule is COc1cccc2cc(C(=O)Nc3cc(N4CCN(C)CC4)ncn3)oc12. The number of ether oxygens (including phenoxy) is 1. The average molecular weight is 367 g/mol. The van der Waals surface area contributed by atoms with E-state index in [0.29, 0.717) is 17.2 Å². The summed E-state index contributed by atoms with van der Waals surface area (Å²) in [6.07, 6.45) is 1.46. The van der Waals surface area contributed by atoms with Gasteiger partial charge in [0, 0.05) is 37.6 Å². The maximum absolute atomic E-state index is 12.6. The van der Waals surface area contributed by atoms with E-state index in [1.807, 2.05) is 12.1 Å². The van der Waals surface area contributed by atoms with Crippen LogP contribution in [0.3, 0.4) is 0 Å². The quantitative estimate of drug-likeness (QED) is 0.757. The zero-order chi connectivity index (χ0) is 18.8. The number of carbonyl (C=O) groups excluding carboxylic acids is 1. The minimum atomic E-state index is -0.365. The van der Waals surface area contributed by atoms with Gasteiger partial charge < -0.3 is 24.3 Å². The molecule has 0 atom stereocenters. The van der Waals surface area contributed by atoms with Gasteiger partial charge in [-0.25, -0.2) is 9.97 Å². The molecule has 1 aliphatic rings. The lowest BCUT2D eigenvalue weighted by molar-refractivity contribution is 0.0998. The molecular weight excluding hydrogens is 346 g/mol. The predicted molar refractivity (Wildman–Crippen MR) is 102 cm³/mol. The summed E-state index contributed by atoms with van der Waals surface area (Å²) in [4.78, 5) is 25.5. The number of para-hydroxylation sites is 1. The topological polar surface area (TPSA) is 83.7 Å². The van der Waals surface area contributed by atoms with Crippen LogP contribution in [0.4, 0.5) is 11.6 Å². The van der Waals surface area contributed by atoms with Gasteiger partial charge in [-0.2, -0.15) is 0 Å². The molecule has 0 aliphatic carbocycles. The third kappa shape index (κ3) is 3.56. The number of aromatic nitrogens is 2. The Morgan fingerprint density at radius 2 is 2.00 bits per heavy atom. The Kier molecular flexibility index (Phi) is 4.64. The van der Waals surface area contributed by atoms with Crippen molar-refractivity contribution in [1.29, 1.82) is 0 Å². The summed E-state index contributed by atoms with van der Waals surface area (Å²) >= 11 is 0. The highest BCUT2D eigenvalue weighted by Gasteiger charge is 2.18. The van der Waals surface area contributed by atoms with Crippen LogP contribution in [0.2, 0.25) is 0 Å². The van der Waals surface area contributed by atoms with Gasteiger partial charge in [-0.15, -0.1) is 0 Å². The van der Waals surface area contributed by atoms with Crippen molar-refractivity contribution in [2.24, 2.45) is 0 Å². The highest BCUT2D eigenvalue weighted by molar-refractivity contribution is 6.04. The van der Waals surface area contributed by atoms with Gasteiger partial charge in [0.05, 0.1) is 7.11 Å². The molecule has 0 spiro atoms. The molecule has 140 valence electrons. The van der Waals surface area contributed by atoms with Crippen LogP contribution in [-0.2, 0) is 0 Å². The van der Waals surface area contributed by atoms with Gasteiger partial charge in [0.25, 0.3) is 5.91 Å². The summed E-state index contributed by atoms with van der Waals surface area (Å²) in [5.41, 5.74) is 0.547. The van der Waals surface area contributed by atoms with E-state index >= 15 is 0 Å². The maximum Gasteiger partial charge on any atom is 0.292 e. The van der Waals surface area contributed by atoms with Crippen LogP contribution in [0.5, 0.6) is 5.75 Å². The average Bonchev–Trinajstić information content (AvgIpc) is 3.13. The van der Waals surface area contributed by atoms with Gasteiger partial charge >= 0.3 is 0 Å². The van der Waals surface area contributed by atoms with Crippen LogP contribution in [0.25, 0.3) is 11.0 Å². The zero-order valence-electron chi connectivity index (χ0n) is 15.3. The Labute approximate surface area is 156 Å². The Morgan fingerprint density at radius 1 is 1.19 bits per heavy atom. The molecule has 1 aromatic carbocycles. The summed E-state index contributed by atoms with van der Waals surface area (Å²) < 4.78 is 11.0. The molecule has 0 radical (unpaired) electrons. The minimum Gasteiger partial charge on any atom is -0.493 e. The number of rotatable bonds is 4. The maximum atomic E-state index is 12.6. The molecule has 0 unspecified atom stereocenters. The lowest BCUT2D eigenvalue weighted by Gasteiger charge is -2.33. The third-order valence-electron chi connectivity index (χ3n) is 4.67. The first-order valence-corrected chi connectivity index (χ1v) is 8.77. The van der Waals surface area contributed by atoms with Crippen molar-refractivity contribution in [3.05, 3.63) is 42.4 Å². The molecule has 0 saturated carbocycles. The number of nitrogens with zero attached hydrogens (tertiary/aromatic N) is 4. The third-order valence-corrected chi connectivity index (χ3v) is 4.67. The van der Waals surface area contributed by atoms with Crippen molar-refractivity contribution in [2.75, 3.05) is 50.6 Å². The standard InChI is InChI=1S/C19H21N5O3/c1-23-6-8-24(9-7-23)17-11-16(20-12-21-17)22-19(25)15-10-13-4-3-5-14(26-2)18(13)27-15/h3-5,10-12H,6-9H2,1-2H3,(H,20,21,22,25). The van der Waals surface area contributed by atoms with Crippen LogP contribution in [0.1, 0.15) is 10.6 Å². The molecule has 0 bridgehead atoms. The van der Waals surface area contributed by atoms with Gasteiger partial charge in [-0.1, -0.05) is 12.1 Å². The minimum absolute atomic E-state index is 0.203. The molecular formula is C19H21N5O3. The second-order valence-electron chi connectivity index (χ2n) is 6.50. The van der Waals surface area contributed by atoms with Crippen molar-refractivity contribution in [1.82, 2.24) is 14.9 Å². The Bertz CT molecular complexity index is 963. The molecule has 1 N–H and O–H groups in total. The van der Waals surface area contributed by atoms with Gasteiger partial charge in [-0.3, -0.25) is 4.79 Å². The fraction of sp³-hybridized carbons (Fsp3) is 0.316. The monoisotopic (exact) mass is 367 g/mol. The second kappa shape index (κ2) is 7.24. The highest BCUT2D eigenvalue weighted by Crippen LogP contribution is 2.28. The summed E-state index contributed by atoms with van der Waals surface area (Å²) in [6.45, 7) is 3.74. The molecule has 3 aromatic rings. The van der Waals surface area contributed by atoms with E-state index in [2.05, 4.69) is 32.1 Å². The van der Waals surface area contributed by atoms with Crippen LogP contribution in [-0.4, -0.2) is 61.1 Å².